The van der Waals surface area contributed by atoms with Crippen molar-refractivity contribution in [2.75, 3.05) is 0 Å². The van der Waals surface area contributed by atoms with Gasteiger partial charge in [-0.1, -0.05) is 36.4 Å². The van der Waals surface area contributed by atoms with Crippen LogP contribution in [0.25, 0.3) is 0 Å². The largest absolute Gasteiger partial charge is 0.352 e. The molecule has 0 aliphatic heterocycles. The quantitative estimate of drug-likeness (QED) is 0.871. The molecular formula is C15H16N2O. The molecule has 0 fully saturated rings. The van der Waals surface area contributed by atoms with Crippen molar-refractivity contribution in [1.82, 2.24) is 10.3 Å². The molecule has 1 aromatic carbocycles. The molecule has 0 aliphatic rings. The van der Waals surface area contributed by atoms with Gasteiger partial charge in [0.25, 0.3) is 0 Å². The van der Waals surface area contributed by atoms with Crippen molar-refractivity contribution in [3.05, 3.63) is 66.0 Å². The van der Waals surface area contributed by atoms with E-state index in [4.69, 9.17) is 0 Å². The molecule has 0 atom stereocenters. The SMILES string of the molecule is O=C(CCc1ccccn1)NCc1ccccc1. The van der Waals surface area contributed by atoms with E-state index in [0.717, 1.165) is 11.3 Å². The first kappa shape index (κ1) is 12.3. The predicted octanol–water partition coefficient (Wildman–Crippen LogP) is 2.33. The normalized spacial score (nSPS) is 10.0. The minimum atomic E-state index is 0.0597. The summed E-state index contributed by atoms with van der Waals surface area (Å²) < 4.78 is 0. The third kappa shape index (κ3) is 4.01. The van der Waals surface area contributed by atoms with Crippen LogP contribution in [0.3, 0.4) is 0 Å². The maximum Gasteiger partial charge on any atom is 0.220 e. The average Bonchev–Trinajstić information content (AvgIpc) is 2.45. The van der Waals surface area contributed by atoms with E-state index < -0.39 is 0 Å². The molecule has 0 bridgehead atoms. The highest BCUT2D eigenvalue weighted by Gasteiger charge is 2.02. The summed E-state index contributed by atoms with van der Waals surface area (Å²) >= 11 is 0. The maximum atomic E-state index is 11.7. The second-order valence-electron chi connectivity index (χ2n) is 4.08. The fourth-order valence-corrected chi connectivity index (χ4v) is 1.67. The number of nitrogens with one attached hydrogen (secondary N) is 1. The molecule has 1 heterocycles. The van der Waals surface area contributed by atoms with Gasteiger partial charge in [0.15, 0.2) is 0 Å². The number of amides is 1. The van der Waals surface area contributed by atoms with Crippen molar-refractivity contribution in [2.24, 2.45) is 0 Å². The lowest BCUT2D eigenvalue weighted by Crippen LogP contribution is -2.23. The number of pyridine rings is 1. The van der Waals surface area contributed by atoms with Crippen LogP contribution in [-0.2, 0) is 17.8 Å². The Bertz CT molecular complexity index is 437. The highest BCUT2D eigenvalue weighted by atomic mass is 16.1. The van der Waals surface area contributed by atoms with E-state index in [9.17, 15) is 4.79 Å². The van der Waals surface area contributed by atoms with Gasteiger partial charge in [-0.3, -0.25) is 9.78 Å². The summed E-state index contributed by atoms with van der Waals surface area (Å²) in [5, 5.41) is 2.90. The summed E-state index contributed by atoms with van der Waals surface area (Å²) in [6.07, 6.45) is 2.91. The summed E-state index contributed by atoms with van der Waals surface area (Å²) in [4.78, 5) is 15.8. The number of benzene rings is 1. The van der Waals surface area contributed by atoms with Crippen LogP contribution in [-0.4, -0.2) is 10.9 Å². The number of aryl methyl sites for hydroxylation is 1. The standard InChI is InChI=1S/C15H16N2O/c18-15(10-9-14-8-4-5-11-16-14)17-12-13-6-2-1-3-7-13/h1-8,11H,9-10,12H2,(H,17,18). The molecule has 0 unspecified atom stereocenters. The summed E-state index contributed by atoms with van der Waals surface area (Å²) in [5.41, 5.74) is 2.07. The molecule has 0 saturated carbocycles. The minimum Gasteiger partial charge on any atom is -0.352 e. The van der Waals surface area contributed by atoms with E-state index in [0.29, 0.717) is 19.4 Å². The van der Waals surface area contributed by atoms with Crippen LogP contribution in [0, 0.1) is 0 Å². The van der Waals surface area contributed by atoms with Crippen LogP contribution in [0.1, 0.15) is 17.7 Å². The Morgan fingerprint density at radius 2 is 1.83 bits per heavy atom. The summed E-state index contributed by atoms with van der Waals surface area (Å²) in [6, 6.07) is 15.6. The fourth-order valence-electron chi connectivity index (χ4n) is 1.67. The third-order valence-corrected chi connectivity index (χ3v) is 2.67. The number of hydrogen-bond donors (Lipinski definition) is 1. The van der Waals surface area contributed by atoms with E-state index in [1.165, 1.54) is 0 Å². The smallest absolute Gasteiger partial charge is 0.220 e. The predicted molar refractivity (Wildman–Crippen MR) is 70.8 cm³/mol. The van der Waals surface area contributed by atoms with Crippen molar-refractivity contribution >= 4 is 5.91 Å². The van der Waals surface area contributed by atoms with Crippen LogP contribution in [0.4, 0.5) is 0 Å². The molecule has 0 aliphatic carbocycles. The first-order valence-corrected chi connectivity index (χ1v) is 6.05. The Kier molecular flexibility index (Phi) is 4.47. The number of rotatable bonds is 5. The van der Waals surface area contributed by atoms with Crippen molar-refractivity contribution in [2.45, 2.75) is 19.4 Å². The van der Waals surface area contributed by atoms with Gasteiger partial charge in [-0.25, -0.2) is 0 Å². The molecule has 3 heteroatoms. The van der Waals surface area contributed by atoms with Gasteiger partial charge in [-0.15, -0.1) is 0 Å². The lowest BCUT2D eigenvalue weighted by atomic mass is 10.2. The average molecular weight is 240 g/mol. The van der Waals surface area contributed by atoms with Gasteiger partial charge in [0, 0.05) is 24.9 Å². The molecule has 1 aromatic heterocycles. The monoisotopic (exact) mass is 240 g/mol. The Morgan fingerprint density at radius 1 is 1.06 bits per heavy atom. The number of nitrogens with zero attached hydrogens (tertiary/aromatic N) is 1. The van der Waals surface area contributed by atoms with E-state index in [2.05, 4.69) is 10.3 Å². The fraction of sp³-hybridized carbons (Fsp3) is 0.200. The van der Waals surface area contributed by atoms with Gasteiger partial charge in [-0.05, 0) is 24.1 Å². The summed E-state index contributed by atoms with van der Waals surface area (Å²) in [7, 11) is 0. The molecule has 0 radical (unpaired) electrons. The highest BCUT2D eigenvalue weighted by molar-refractivity contribution is 5.76. The summed E-state index contributed by atoms with van der Waals surface area (Å²) in [6.45, 7) is 0.585. The molecular weight excluding hydrogens is 224 g/mol. The molecule has 0 saturated heterocycles. The Hall–Kier alpha value is -2.16. The number of carbonyl (C=O) groups excluding carboxylic acids is 1. The molecule has 92 valence electrons. The van der Waals surface area contributed by atoms with Crippen molar-refractivity contribution in [3.8, 4) is 0 Å². The molecule has 0 spiro atoms. The van der Waals surface area contributed by atoms with Gasteiger partial charge >= 0.3 is 0 Å². The van der Waals surface area contributed by atoms with E-state index in [1.807, 2.05) is 48.5 Å². The zero-order valence-electron chi connectivity index (χ0n) is 10.2. The molecule has 1 amide bonds. The van der Waals surface area contributed by atoms with E-state index in [1.54, 1.807) is 6.20 Å². The second kappa shape index (κ2) is 6.55. The molecule has 18 heavy (non-hydrogen) atoms. The third-order valence-electron chi connectivity index (χ3n) is 2.67. The molecule has 2 aromatic rings. The molecule has 2 rings (SSSR count). The van der Waals surface area contributed by atoms with Crippen LogP contribution in [0.5, 0.6) is 0 Å². The highest BCUT2D eigenvalue weighted by Crippen LogP contribution is 2.00. The molecule has 3 nitrogen and oxygen atoms in total. The van der Waals surface area contributed by atoms with Crippen molar-refractivity contribution in [1.29, 1.82) is 0 Å². The lowest BCUT2D eigenvalue weighted by Gasteiger charge is -2.05. The van der Waals surface area contributed by atoms with E-state index >= 15 is 0 Å². The van der Waals surface area contributed by atoms with E-state index in [-0.39, 0.29) is 5.91 Å². The zero-order chi connectivity index (χ0) is 12.6. The number of hydrogen-bond acceptors (Lipinski definition) is 2. The number of carbonyl (C=O) groups is 1. The minimum absolute atomic E-state index is 0.0597. The van der Waals surface area contributed by atoms with Gasteiger partial charge in [-0.2, -0.15) is 0 Å². The van der Waals surface area contributed by atoms with Crippen LogP contribution in [0.15, 0.2) is 54.7 Å². The van der Waals surface area contributed by atoms with Gasteiger partial charge in [0.1, 0.15) is 0 Å². The molecule has 1 N–H and O–H groups in total. The maximum absolute atomic E-state index is 11.7. The Morgan fingerprint density at radius 3 is 2.56 bits per heavy atom. The van der Waals surface area contributed by atoms with Crippen LogP contribution in [0.2, 0.25) is 0 Å². The topological polar surface area (TPSA) is 42.0 Å². The lowest BCUT2D eigenvalue weighted by molar-refractivity contribution is -0.121. The Balaban J connectivity index is 1.73. The first-order chi connectivity index (χ1) is 8.84. The second-order valence-corrected chi connectivity index (χ2v) is 4.08. The number of aromatic nitrogens is 1. The van der Waals surface area contributed by atoms with Crippen molar-refractivity contribution in [3.63, 3.8) is 0 Å². The van der Waals surface area contributed by atoms with Crippen LogP contribution >= 0.6 is 0 Å². The summed E-state index contributed by atoms with van der Waals surface area (Å²) in [5.74, 6) is 0.0597. The first-order valence-electron chi connectivity index (χ1n) is 6.05. The van der Waals surface area contributed by atoms with Gasteiger partial charge < -0.3 is 5.32 Å². The van der Waals surface area contributed by atoms with Crippen LogP contribution < -0.4 is 5.32 Å². The Labute approximate surface area is 107 Å². The van der Waals surface area contributed by atoms with Gasteiger partial charge in [0.05, 0.1) is 0 Å². The van der Waals surface area contributed by atoms with Crippen molar-refractivity contribution < 1.29 is 4.79 Å². The van der Waals surface area contributed by atoms with Gasteiger partial charge in [0.2, 0.25) is 5.91 Å². The zero-order valence-corrected chi connectivity index (χ0v) is 10.2.